The highest BCUT2D eigenvalue weighted by Crippen LogP contribution is 2.39. The number of hydrogen-bond donors (Lipinski definition) is 1. The van der Waals surface area contributed by atoms with Gasteiger partial charge >= 0.3 is 0 Å². The molecule has 0 saturated heterocycles. The van der Waals surface area contributed by atoms with E-state index in [0.29, 0.717) is 6.61 Å². The van der Waals surface area contributed by atoms with Crippen LogP contribution in [-0.4, -0.2) is 34.9 Å². The molecule has 8 heteroatoms. The van der Waals surface area contributed by atoms with Gasteiger partial charge in [0.2, 0.25) is 0 Å². The Bertz CT molecular complexity index is 1370. The molecule has 0 aliphatic carbocycles. The molecule has 4 aromatic rings. The summed E-state index contributed by atoms with van der Waals surface area (Å²) in [5, 5.41) is 1.26. The molecule has 4 rings (SSSR count). The van der Waals surface area contributed by atoms with Crippen LogP contribution in [0, 0.1) is 0 Å². The molecule has 0 aliphatic heterocycles. The van der Waals surface area contributed by atoms with Crippen LogP contribution in [0.4, 0.5) is 0 Å². The first-order valence-electron chi connectivity index (χ1n) is 13.8. The maximum Gasteiger partial charge on any atom is 0.268 e. The zero-order chi connectivity index (χ0) is 28.0. The molecule has 2 aromatic heterocycles. The average Bonchev–Trinajstić information content (AvgIpc) is 3.54. The van der Waals surface area contributed by atoms with Gasteiger partial charge in [-0.3, -0.25) is 4.79 Å². The molecule has 39 heavy (non-hydrogen) atoms. The number of carbonyl (C=O) groups is 1. The van der Waals surface area contributed by atoms with Crippen molar-refractivity contribution in [3.8, 4) is 5.75 Å². The lowest BCUT2D eigenvalue weighted by Gasteiger charge is -2.39. The standard InChI is InChI=1S/C31H42N4O3Si/c1-31(2,3)39(4,5)38-29(35-22-27(30(32)36)33-23-35)14-9-18-34-19-17-25-15-16-26(21-28(25)34)37-20-10-13-24-11-7-6-8-12-24/h6-8,11-12,15-17,19,21-23,29H,9-10,13-14,18,20H2,1-5H3,(H2,32,36). The summed E-state index contributed by atoms with van der Waals surface area (Å²) in [6.07, 6.45) is 8.95. The van der Waals surface area contributed by atoms with Gasteiger partial charge in [0.05, 0.1) is 18.5 Å². The van der Waals surface area contributed by atoms with Gasteiger partial charge in [-0.25, -0.2) is 4.98 Å². The van der Waals surface area contributed by atoms with Crippen molar-refractivity contribution in [2.75, 3.05) is 6.61 Å². The highest BCUT2D eigenvalue weighted by molar-refractivity contribution is 6.74. The van der Waals surface area contributed by atoms with Crippen molar-refractivity contribution >= 4 is 25.1 Å². The lowest BCUT2D eigenvalue weighted by Crippen LogP contribution is -2.42. The quantitative estimate of drug-likeness (QED) is 0.145. The van der Waals surface area contributed by atoms with Gasteiger partial charge in [-0.15, -0.1) is 0 Å². The molecule has 0 spiro atoms. The summed E-state index contributed by atoms with van der Waals surface area (Å²) in [5.41, 5.74) is 8.21. The first-order valence-corrected chi connectivity index (χ1v) is 16.7. The fourth-order valence-corrected chi connectivity index (χ4v) is 5.68. The fourth-order valence-electron chi connectivity index (χ4n) is 4.40. The third-order valence-electron chi connectivity index (χ3n) is 7.74. The van der Waals surface area contributed by atoms with E-state index in [9.17, 15) is 4.79 Å². The largest absolute Gasteiger partial charge is 0.494 e. The molecule has 1 unspecified atom stereocenters. The van der Waals surface area contributed by atoms with Crippen LogP contribution in [0.5, 0.6) is 5.75 Å². The van der Waals surface area contributed by atoms with E-state index in [1.54, 1.807) is 12.5 Å². The van der Waals surface area contributed by atoms with E-state index < -0.39 is 14.2 Å². The summed E-state index contributed by atoms with van der Waals surface area (Å²) in [4.78, 5) is 15.8. The van der Waals surface area contributed by atoms with Crippen LogP contribution >= 0.6 is 0 Å². The maximum absolute atomic E-state index is 11.7. The number of nitrogens with two attached hydrogens (primary N) is 1. The number of fused-ring (bicyclic) bond motifs is 1. The molecule has 2 N–H and O–H groups in total. The van der Waals surface area contributed by atoms with E-state index in [0.717, 1.165) is 43.5 Å². The van der Waals surface area contributed by atoms with Gasteiger partial charge in [-0.1, -0.05) is 51.1 Å². The Hall–Kier alpha value is -3.36. The van der Waals surface area contributed by atoms with Gasteiger partial charge in [-0.05, 0) is 73.0 Å². The molecule has 2 heterocycles. The van der Waals surface area contributed by atoms with Crippen LogP contribution < -0.4 is 10.5 Å². The molecule has 0 bridgehead atoms. The van der Waals surface area contributed by atoms with Crippen LogP contribution in [0.25, 0.3) is 10.9 Å². The van der Waals surface area contributed by atoms with Gasteiger partial charge < -0.3 is 24.0 Å². The van der Waals surface area contributed by atoms with Crippen molar-refractivity contribution in [2.45, 2.75) is 77.4 Å². The first kappa shape index (κ1) is 28.6. The summed E-state index contributed by atoms with van der Waals surface area (Å²) in [5.74, 6) is 0.365. The first-order chi connectivity index (χ1) is 18.5. The maximum atomic E-state index is 11.7. The Morgan fingerprint density at radius 3 is 2.54 bits per heavy atom. The van der Waals surface area contributed by atoms with Crippen molar-refractivity contribution in [1.82, 2.24) is 14.1 Å². The van der Waals surface area contributed by atoms with Gasteiger partial charge in [0.15, 0.2) is 8.32 Å². The van der Waals surface area contributed by atoms with E-state index in [4.69, 9.17) is 14.9 Å². The second-order valence-corrected chi connectivity index (χ2v) is 16.5. The van der Waals surface area contributed by atoms with Crippen LogP contribution in [0.2, 0.25) is 18.1 Å². The van der Waals surface area contributed by atoms with E-state index >= 15 is 0 Å². The van der Waals surface area contributed by atoms with Crippen LogP contribution in [0.1, 0.15) is 62.3 Å². The van der Waals surface area contributed by atoms with E-state index in [-0.39, 0.29) is 17.0 Å². The normalized spacial score (nSPS) is 13.1. The second-order valence-electron chi connectivity index (χ2n) is 11.7. The number of amides is 1. The van der Waals surface area contributed by atoms with Crippen LogP contribution in [0.15, 0.2) is 73.3 Å². The zero-order valence-corrected chi connectivity index (χ0v) is 24.9. The Morgan fingerprint density at radius 1 is 1.08 bits per heavy atom. The Kier molecular flexibility index (Phi) is 8.97. The minimum absolute atomic E-state index is 0.0620. The molecular weight excluding hydrogens is 504 g/mol. The predicted octanol–water partition coefficient (Wildman–Crippen LogP) is 6.95. The number of primary amides is 1. The smallest absolute Gasteiger partial charge is 0.268 e. The molecule has 0 fully saturated rings. The van der Waals surface area contributed by atoms with Gasteiger partial charge in [0.1, 0.15) is 17.7 Å². The topological polar surface area (TPSA) is 84.3 Å². The molecule has 1 atom stereocenters. The van der Waals surface area contributed by atoms with Crippen molar-refractivity contribution in [3.05, 3.63) is 84.6 Å². The lowest BCUT2D eigenvalue weighted by atomic mass is 10.1. The number of nitrogens with zero attached hydrogens (tertiary/aromatic N) is 3. The average molecular weight is 547 g/mol. The highest BCUT2D eigenvalue weighted by atomic mass is 28.4. The number of aromatic nitrogens is 3. The van der Waals surface area contributed by atoms with E-state index in [1.807, 2.05) is 16.7 Å². The summed E-state index contributed by atoms with van der Waals surface area (Å²) in [7, 11) is -2.06. The number of rotatable bonds is 13. The molecule has 0 aliphatic rings. The lowest BCUT2D eigenvalue weighted by molar-refractivity contribution is 0.0984. The molecule has 2 aromatic carbocycles. The van der Waals surface area contributed by atoms with Gasteiger partial charge in [0, 0.05) is 25.0 Å². The molecule has 0 saturated carbocycles. The van der Waals surface area contributed by atoms with Gasteiger partial charge in [-0.2, -0.15) is 0 Å². The number of ether oxygens (including phenoxy) is 1. The second kappa shape index (κ2) is 12.2. The fraction of sp³-hybridized carbons (Fsp3) is 0.419. The molecular formula is C31H42N4O3Si. The summed E-state index contributed by atoms with van der Waals surface area (Å²) in [6.45, 7) is 12.7. The van der Waals surface area contributed by atoms with Crippen molar-refractivity contribution < 1.29 is 14.0 Å². The molecule has 208 valence electrons. The Morgan fingerprint density at radius 2 is 1.85 bits per heavy atom. The van der Waals surface area contributed by atoms with E-state index in [1.165, 1.54) is 10.9 Å². The predicted molar refractivity (Wildman–Crippen MR) is 159 cm³/mol. The summed E-state index contributed by atoms with van der Waals surface area (Å²) < 4.78 is 17.0. The summed E-state index contributed by atoms with van der Waals surface area (Å²) >= 11 is 0. The zero-order valence-electron chi connectivity index (χ0n) is 23.9. The Labute approximate surface area is 233 Å². The summed E-state index contributed by atoms with van der Waals surface area (Å²) in [6, 6.07) is 19.0. The van der Waals surface area contributed by atoms with E-state index in [2.05, 4.69) is 92.1 Å². The minimum atomic E-state index is -2.06. The van der Waals surface area contributed by atoms with Gasteiger partial charge in [0.25, 0.3) is 5.91 Å². The number of imidazole rings is 1. The molecule has 0 radical (unpaired) electrons. The molecule has 1 amide bonds. The molecule has 7 nitrogen and oxygen atoms in total. The number of benzene rings is 2. The van der Waals surface area contributed by atoms with Crippen LogP contribution in [-0.2, 0) is 17.4 Å². The SMILES string of the molecule is CC(C)(C)[Si](C)(C)OC(CCCn1ccc2ccc(OCCCc3ccccc3)cc21)n1cnc(C(N)=O)c1. The Balaban J connectivity index is 1.40. The minimum Gasteiger partial charge on any atom is -0.494 e. The van der Waals surface area contributed by atoms with Crippen molar-refractivity contribution in [3.63, 3.8) is 0 Å². The van der Waals surface area contributed by atoms with Crippen LogP contribution in [0.3, 0.4) is 0 Å². The number of aryl methyl sites for hydroxylation is 2. The van der Waals surface area contributed by atoms with Crippen molar-refractivity contribution in [2.24, 2.45) is 5.73 Å². The highest BCUT2D eigenvalue weighted by Gasteiger charge is 2.39. The van der Waals surface area contributed by atoms with Crippen molar-refractivity contribution in [1.29, 1.82) is 0 Å². The third-order valence-corrected chi connectivity index (χ3v) is 12.2. The number of carbonyl (C=O) groups excluding carboxylic acids is 1. The number of hydrogen-bond acceptors (Lipinski definition) is 4. The third kappa shape index (κ3) is 7.39. The monoisotopic (exact) mass is 546 g/mol.